The number of aromatic nitrogens is 1. The fourth-order valence-electron chi connectivity index (χ4n) is 3.06. The number of halogens is 1. The van der Waals surface area contributed by atoms with Crippen molar-refractivity contribution in [1.29, 1.82) is 0 Å². The van der Waals surface area contributed by atoms with Gasteiger partial charge in [-0.05, 0) is 36.6 Å². The van der Waals surface area contributed by atoms with Gasteiger partial charge in [-0.2, -0.15) is 0 Å². The zero-order chi connectivity index (χ0) is 17.2. The molecule has 126 valence electrons. The van der Waals surface area contributed by atoms with Crippen LogP contribution in [-0.4, -0.2) is 23.5 Å². The third-order valence-electron chi connectivity index (χ3n) is 4.40. The highest BCUT2D eigenvalue weighted by Crippen LogP contribution is 2.26. The summed E-state index contributed by atoms with van der Waals surface area (Å²) in [5, 5.41) is 3.50. The van der Waals surface area contributed by atoms with E-state index in [4.69, 9.17) is 4.74 Å². The van der Waals surface area contributed by atoms with Gasteiger partial charge >= 0.3 is 0 Å². The first-order valence-electron chi connectivity index (χ1n) is 8.29. The Morgan fingerprint density at radius 3 is 2.96 bits per heavy atom. The number of carbonyl (C=O) groups is 1. The van der Waals surface area contributed by atoms with Crippen molar-refractivity contribution in [3.8, 4) is 5.75 Å². The summed E-state index contributed by atoms with van der Waals surface area (Å²) in [6, 6.07) is 16.0. The van der Waals surface area contributed by atoms with Crippen LogP contribution in [0.3, 0.4) is 0 Å². The summed E-state index contributed by atoms with van der Waals surface area (Å²) in [6.45, 7) is 0.393. The van der Waals surface area contributed by atoms with Crippen LogP contribution >= 0.6 is 0 Å². The molecule has 1 aliphatic heterocycles. The molecule has 1 amide bonds. The summed E-state index contributed by atoms with van der Waals surface area (Å²) in [6.07, 6.45) is 1.70. The molecule has 2 heterocycles. The van der Waals surface area contributed by atoms with E-state index in [0.717, 1.165) is 18.6 Å². The number of carbonyl (C=O) groups excluding carboxylic acids is 1. The van der Waals surface area contributed by atoms with Gasteiger partial charge in [-0.3, -0.25) is 4.79 Å². The summed E-state index contributed by atoms with van der Waals surface area (Å²) in [4.78, 5) is 16.5. The highest BCUT2D eigenvalue weighted by atomic mass is 19.1. The molecule has 0 radical (unpaired) electrons. The average Bonchev–Trinajstić information content (AvgIpc) is 2.66. The Labute approximate surface area is 144 Å². The van der Waals surface area contributed by atoms with E-state index in [9.17, 15) is 9.18 Å². The maximum atomic E-state index is 13.8. The lowest BCUT2D eigenvalue weighted by Crippen LogP contribution is -2.37. The summed E-state index contributed by atoms with van der Waals surface area (Å²) in [5.74, 6) is 0.117. The molecule has 0 bridgehead atoms. The van der Waals surface area contributed by atoms with Gasteiger partial charge in [-0.1, -0.05) is 36.4 Å². The van der Waals surface area contributed by atoms with Crippen molar-refractivity contribution < 1.29 is 13.9 Å². The van der Waals surface area contributed by atoms with E-state index in [1.54, 1.807) is 24.3 Å². The molecule has 5 heteroatoms. The fourth-order valence-corrected chi connectivity index (χ4v) is 3.06. The topological polar surface area (TPSA) is 51.2 Å². The quantitative estimate of drug-likeness (QED) is 0.796. The van der Waals surface area contributed by atoms with Crippen LogP contribution in [0, 0.1) is 5.82 Å². The van der Waals surface area contributed by atoms with Crippen LogP contribution in [0.15, 0.2) is 54.6 Å². The Bertz CT molecular complexity index is 942. The predicted octanol–water partition coefficient (Wildman–Crippen LogP) is 3.50. The molecule has 1 aliphatic rings. The molecule has 0 saturated carbocycles. The van der Waals surface area contributed by atoms with E-state index in [1.807, 2.05) is 18.2 Å². The largest absolute Gasteiger partial charge is 0.488 e. The van der Waals surface area contributed by atoms with Gasteiger partial charge in [0.25, 0.3) is 5.91 Å². The lowest BCUT2D eigenvalue weighted by atomic mass is 10.0. The SMILES string of the molecule is O=C(NC[C@H]1CCc2ccccc2O1)c1ccc2cccc(F)c2n1. The van der Waals surface area contributed by atoms with Gasteiger partial charge in [-0.15, -0.1) is 0 Å². The van der Waals surface area contributed by atoms with Crippen molar-refractivity contribution in [2.24, 2.45) is 0 Å². The molecule has 4 nitrogen and oxygen atoms in total. The second-order valence-electron chi connectivity index (χ2n) is 6.10. The average molecular weight is 336 g/mol. The lowest BCUT2D eigenvalue weighted by Gasteiger charge is -2.26. The highest BCUT2D eigenvalue weighted by Gasteiger charge is 2.20. The van der Waals surface area contributed by atoms with Crippen LogP contribution in [0.25, 0.3) is 10.9 Å². The number of hydrogen-bond acceptors (Lipinski definition) is 3. The monoisotopic (exact) mass is 336 g/mol. The van der Waals surface area contributed by atoms with E-state index in [1.165, 1.54) is 11.6 Å². The number of rotatable bonds is 3. The summed E-state index contributed by atoms with van der Waals surface area (Å²) >= 11 is 0. The molecule has 3 aromatic rings. The first-order chi connectivity index (χ1) is 12.2. The van der Waals surface area contributed by atoms with Crippen molar-refractivity contribution in [1.82, 2.24) is 10.3 Å². The van der Waals surface area contributed by atoms with Crippen molar-refractivity contribution in [3.63, 3.8) is 0 Å². The van der Waals surface area contributed by atoms with Crippen LogP contribution in [0.5, 0.6) is 5.75 Å². The number of para-hydroxylation sites is 2. The second kappa shape index (κ2) is 6.51. The summed E-state index contributed by atoms with van der Waals surface area (Å²) in [7, 11) is 0. The lowest BCUT2D eigenvalue weighted by molar-refractivity contribution is 0.0914. The number of amides is 1. The van der Waals surface area contributed by atoms with E-state index in [0.29, 0.717) is 11.9 Å². The minimum atomic E-state index is -0.431. The number of benzene rings is 2. The van der Waals surface area contributed by atoms with Gasteiger partial charge in [0, 0.05) is 5.39 Å². The fraction of sp³-hybridized carbons (Fsp3) is 0.200. The molecule has 25 heavy (non-hydrogen) atoms. The number of nitrogens with zero attached hydrogens (tertiary/aromatic N) is 1. The third-order valence-corrected chi connectivity index (χ3v) is 4.40. The Hall–Kier alpha value is -2.95. The molecule has 1 N–H and O–H groups in total. The molecule has 1 atom stereocenters. The number of aryl methyl sites for hydroxylation is 1. The molecule has 0 fully saturated rings. The van der Waals surface area contributed by atoms with Crippen LogP contribution < -0.4 is 10.1 Å². The number of pyridine rings is 1. The normalized spacial score (nSPS) is 16.1. The number of nitrogens with one attached hydrogen (secondary N) is 1. The molecule has 0 spiro atoms. The van der Waals surface area contributed by atoms with E-state index in [2.05, 4.69) is 16.4 Å². The van der Waals surface area contributed by atoms with Gasteiger partial charge in [-0.25, -0.2) is 9.37 Å². The summed E-state index contributed by atoms with van der Waals surface area (Å²) < 4.78 is 19.7. The van der Waals surface area contributed by atoms with Gasteiger partial charge in [0.05, 0.1) is 6.54 Å². The van der Waals surface area contributed by atoms with Gasteiger partial charge in [0.1, 0.15) is 28.9 Å². The molecule has 2 aromatic carbocycles. The minimum absolute atomic E-state index is 0.0731. The third kappa shape index (κ3) is 3.18. The minimum Gasteiger partial charge on any atom is -0.488 e. The van der Waals surface area contributed by atoms with Crippen LogP contribution in [0.2, 0.25) is 0 Å². The number of fused-ring (bicyclic) bond motifs is 2. The Kier molecular flexibility index (Phi) is 4.06. The van der Waals surface area contributed by atoms with Crippen molar-refractivity contribution >= 4 is 16.8 Å². The molecule has 1 aromatic heterocycles. The van der Waals surface area contributed by atoms with Gasteiger partial charge in [0.2, 0.25) is 0 Å². The molecular weight excluding hydrogens is 319 g/mol. The van der Waals surface area contributed by atoms with Crippen molar-refractivity contribution in [3.05, 3.63) is 71.7 Å². The smallest absolute Gasteiger partial charge is 0.270 e. The Morgan fingerprint density at radius 1 is 1.16 bits per heavy atom. The zero-order valence-corrected chi connectivity index (χ0v) is 13.5. The molecule has 0 unspecified atom stereocenters. The first kappa shape index (κ1) is 15.6. The highest BCUT2D eigenvalue weighted by molar-refractivity contribution is 5.94. The van der Waals surface area contributed by atoms with Crippen molar-refractivity contribution in [2.75, 3.05) is 6.54 Å². The standard InChI is InChI=1S/C20H17FN2O2/c21-16-6-3-5-14-9-11-17(23-19(14)16)20(24)22-12-15-10-8-13-4-1-2-7-18(13)25-15/h1-7,9,11,15H,8,10,12H2,(H,22,24)/t15-/m1/s1. The maximum Gasteiger partial charge on any atom is 0.270 e. The van der Waals surface area contributed by atoms with Crippen LogP contribution in [-0.2, 0) is 6.42 Å². The van der Waals surface area contributed by atoms with Crippen LogP contribution in [0.4, 0.5) is 4.39 Å². The van der Waals surface area contributed by atoms with E-state index < -0.39 is 5.82 Å². The Balaban J connectivity index is 1.44. The predicted molar refractivity (Wildman–Crippen MR) is 93.2 cm³/mol. The van der Waals surface area contributed by atoms with E-state index in [-0.39, 0.29) is 23.2 Å². The van der Waals surface area contributed by atoms with Crippen LogP contribution in [0.1, 0.15) is 22.5 Å². The molecule has 4 rings (SSSR count). The number of ether oxygens (including phenoxy) is 1. The van der Waals surface area contributed by atoms with Gasteiger partial charge < -0.3 is 10.1 Å². The molecule has 0 aliphatic carbocycles. The second-order valence-corrected chi connectivity index (χ2v) is 6.10. The molecular formula is C20H17FN2O2. The van der Waals surface area contributed by atoms with Crippen molar-refractivity contribution in [2.45, 2.75) is 18.9 Å². The zero-order valence-electron chi connectivity index (χ0n) is 13.5. The molecule has 0 saturated heterocycles. The van der Waals surface area contributed by atoms with Gasteiger partial charge in [0.15, 0.2) is 0 Å². The van der Waals surface area contributed by atoms with E-state index >= 15 is 0 Å². The Morgan fingerprint density at radius 2 is 2.04 bits per heavy atom. The summed E-state index contributed by atoms with van der Waals surface area (Å²) in [5.41, 5.74) is 1.60. The maximum absolute atomic E-state index is 13.8. The number of hydrogen-bond donors (Lipinski definition) is 1. The first-order valence-corrected chi connectivity index (χ1v) is 8.29.